The highest BCUT2D eigenvalue weighted by Crippen LogP contribution is 2.30. The Kier molecular flexibility index (Phi) is 6.06. The Morgan fingerprint density at radius 2 is 1.78 bits per heavy atom. The second kappa shape index (κ2) is 8.78. The van der Waals surface area contributed by atoms with Crippen LogP contribution in [0.4, 0.5) is 11.6 Å². The molecule has 0 spiro atoms. The normalized spacial score (nSPS) is 17.3. The molecule has 0 amide bonds. The monoisotopic (exact) mass is 452 g/mol. The molecule has 32 heavy (non-hydrogen) atoms. The van der Waals surface area contributed by atoms with Crippen LogP contribution in [0.1, 0.15) is 31.4 Å². The van der Waals surface area contributed by atoms with Crippen molar-refractivity contribution in [2.45, 2.75) is 45.1 Å². The van der Waals surface area contributed by atoms with E-state index in [2.05, 4.69) is 33.9 Å². The van der Waals surface area contributed by atoms with Gasteiger partial charge in [-0.2, -0.15) is 4.98 Å². The predicted octanol–water partition coefficient (Wildman–Crippen LogP) is 4.78. The van der Waals surface area contributed by atoms with E-state index >= 15 is 0 Å². The molecule has 1 aromatic heterocycles. The van der Waals surface area contributed by atoms with E-state index in [0.29, 0.717) is 29.7 Å². The topological polar surface area (TPSA) is 93.2 Å². The molecule has 0 radical (unpaired) electrons. The summed E-state index contributed by atoms with van der Waals surface area (Å²) in [6, 6.07) is 14.5. The highest BCUT2D eigenvalue weighted by molar-refractivity contribution is 7.92. The van der Waals surface area contributed by atoms with Crippen LogP contribution in [0.2, 0.25) is 0 Å². The second-order valence-corrected chi connectivity index (χ2v) is 10.2. The molecule has 0 saturated carbocycles. The number of ether oxygens (including phenoxy) is 1. The van der Waals surface area contributed by atoms with Crippen LogP contribution in [0, 0.1) is 19.8 Å². The van der Waals surface area contributed by atoms with E-state index in [1.807, 2.05) is 38.1 Å². The molecule has 7 nitrogen and oxygen atoms in total. The molecule has 4 rings (SSSR count). The minimum Gasteiger partial charge on any atom is -0.472 e. The molecule has 1 aliphatic heterocycles. The largest absolute Gasteiger partial charge is 0.472 e. The van der Waals surface area contributed by atoms with Gasteiger partial charge in [-0.25, -0.2) is 18.1 Å². The number of sulfonamides is 1. The molecule has 1 atom stereocenters. The zero-order chi connectivity index (χ0) is 22.9. The average Bonchev–Trinajstić information content (AvgIpc) is 2.71. The maximum Gasteiger partial charge on any atom is 0.264 e. The number of nitrogens with zero attached hydrogens (tertiary/aromatic N) is 2. The molecule has 0 unspecified atom stereocenters. The molecule has 2 N–H and O–H groups in total. The lowest BCUT2D eigenvalue weighted by atomic mass is 10.00. The van der Waals surface area contributed by atoms with E-state index in [1.165, 1.54) is 0 Å². The van der Waals surface area contributed by atoms with Crippen LogP contribution >= 0.6 is 0 Å². The van der Waals surface area contributed by atoms with E-state index in [1.54, 1.807) is 24.3 Å². The van der Waals surface area contributed by atoms with Crippen molar-refractivity contribution in [2.24, 2.45) is 5.92 Å². The van der Waals surface area contributed by atoms with Gasteiger partial charge in [-0.15, -0.1) is 0 Å². The number of rotatable bonds is 3. The quantitative estimate of drug-likeness (QED) is 0.594. The third-order valence-corrected chi connectivity index (χ3v) is 6.69. The Morgan fingerprint density at radius 1 is 1.06 bits per heavy atom. The van der Waals surface area contributed by atoms with Crippen LogP contribution in [-0.4, -0.2) is 31.0 Å². The summed E-state index contributed by atoms with van der Waals surface area (Å²) in [5.41, 5.74) is 4.35. The third kappa shape index (κ3) is 4.85. The van der Waals surface area contributed by atoms with Gasteiger partial charge in [0.2, 0.25) is 11.8 Å². The van der Waals surface area contributed by atoms with Crippen LogP contribution in [0.25, 0.3) is 11.3 Å². The Labute approximate surface area is 189 Å². The summed E-state index contributed by atoms with van der Waals surface area (Å²) in [7, 11) is -3.87. The fourth-order valence-electron chi connectivity index (χ4n) is 3.93. The van der Waals surface area contributed by atoms with Gasteiger partial charge in [0.25, 0.3) is 10.0 Å². The van der Waals surface area contributed by atoms with Gasteiger partial charge in [0.15, 0.2) is 0 Å². The number of nitrogens with one attached hydrogen (secondary N) is 2. The summed E-state index contributed by atoms with van der Waals surface area (Å²) in [5, 5.41) is 3.31. The highest BCUT2D eigenvalue weighted by atomic mass is 32.2. The third-order valence-electron chi connectivity index (χ3n) is 5.37. The molecule has 4 bridgehead atoms. The molecular weight excluding hydrogens is 424 g/mol. The number of fused-ring (bicyclic) bond motifs is 4. The highest BCUT2D eigenvalue weighted by Gasteiger charge is 2.22. The summed E-state index contributed by atoms with van der Waals surface area (Å²) in [6.07, 6.45) is 0.666. The lowest BCUT2D eigenvalue weighted by molar-refractivity contribution is 0.179. The standard InChI is InChI=1S/C24H28N4O3S/c1-15(2)11-19-14-25-18-9-6-10-20(12-18)32(29,30)28-24-26-21(13-22(27-24)31-19)23-16(3)7-5-8-17(23)4/h5-10,12-13,15,19,25H,11,14H2,1-4H3,(H,26,27,28)/t19-/m1/s1. The predicted molar refractivity (Wildman–Crippen MR) is 127 cm³/mol. The number of aromatic nitrogens is 2. The summed E-state index contributed by atoms with van der Waals surface area (Å²) in [6.45, 7) is 8.81. The van der Waals surface area contributed by atoms with Gasteiger partial charge < -0.3 is 10.1 Å². The number of anilines is 2. The zero-order valence-electron chi connectivity index (χ0n) is 18.7. The first-order valence-corrected chi connectivity index (χ1v) is 12.2. The second-order valence-electron chi connectivity index (χ2n) is 8.57. The molecular formula is C24H28N4O3S. The van der Waals surface area contributed by atoms with Crippen LogP contribution in [0.5, 0.6) is 5.88 Å². The lowest BCUT2D eigenvalue weighted by Gasteiger charge is -2.23. The first kappa shape index (κ1) is 22.1. The van der Waals surface area contributed by atoms with Gasteiger partial charge in [-0.1, -0.05) is 38.1 Å². The molecule has 0 aliphatic carbocycles. The van der Waals surface area contributed by atoms with Crippen molar-refractivity contribution in [3.05, 3.63) is 59.7 Å². The summed E-state index contributed by atoms with van der Waals surface area (Å²) in [5.74, 6) is 0.744. The molecule has 168 valence electrons. The van der Waals surface area contributed by atoms with Crippen LogP contribution in [0.3, 0.4) is 0 Å². The van der Waals surface area contributed by atoms with Crippen molar-refractivity contribution in [3.8, 4) is 17.1 Å². The average molecular weight is 453 g/mol. The molecule has 0 saturated heterocycles. The smallest absolute Gasteiger partial charge is 0.264 e. The Morgan fingerprint density at radius 3 is 2.50 bits per heavy atom. The SMILES string of the molecule is Cc1cccc(C)c1-c1cc2nc(n1)NS(=O)(=O)c1cccc(c1)NC[C@@H](CC(C)C)O2. The van der Waals surface area contributed by atoms with Gasteiger partial charge in [-0.05, 0) is 55.5 Å². The van der Waals surface area contributed by atoms with Crippen LogP contribution in [0.15, 0.2) is 53.4 Å². The molecule has 0 fully saturated rings. The van der Waals surface area contributed by atoms with Crippen molar-refractivity contribution >= 4 is 21.7 Å². The van der Waals surface area contributed by atoms with Crippen molar-refractivity contribution in [3.63, 3.8) is 0 Å². The van der Waals surface area contributed by atoms with Crippen molar-refractivity contribution < 1.29 is 13.2 Å². The van der Waals surface area contributed by atoms with E-state index in [-0.39, 0.29) is 16.9 Å². The van der Waals surface area contributed by atoms with Crippen LogP contribution in [-0.2, 0) is 10.0 Å². The van der Waals surface area contributed by atoms with Gasteiger partial charge in [0.1, 0.15) is 6.10 Å². The number of aryl methyl sites for hydroxylation is 2. The molecule has 8 heteroatoms. The van der Waals surface area contributed by atoms with Gasteiger partial charge in [-0.3, -0.25) is 0 Å². The Hall–Kier alpha value is -3.13. The zero-order valence-corrected chi connectivity index (χ0v) is 19.5. The first-order chi connectivity index (χ1) is 15.2. The summed E-state index contributed by atoms with van der Waals surface area (Å²) >= 11 is 0. The van der Waals surface area contributed by atoms with E-state index in [4.69, 9.17) is 4.74 Å². The molecule has 3 aromatic rings. The van der Waals surface area contributed by atoms with Gasteiger partial charge in [0, 0.05) is 17.3 Å². The number of hydrogen-bond acceptors (Lipinski definition) is 6. The van der Waals surface area contributed by atoms with Crippen molar-refractivity contribution in [2.75, 3.05) is 16.6 Å². The number of hydrogen-bond donors (Lipinski definition) is 2. The minimum absolute atomic E-state index is 0.0117. The molecule has 2 aromatic carbocycles. The first-order valence-electron chi connectivity index (χ1n) is 10.7. The fraction of sp³-hybridized carbons (Fsp3) is 0.333. The number of benzene rings is 2. The minimum atomic E-state index is -3.87. The fourth-order valence-corrected chi connectivity index (χ4v) is 4.92. The lowest BCUT2D eigenvalue weighted by Crippen LogP contribution is -2.29. The molecule has 1 aliphatic rings. The summed E-state index contributed by atoms with van der Waals surface area (Å²) < 4.78 is 34.8. The van der Waals surface area contributed by atoms with E-state index in [9.17, 15) is 8.42 Å². The van der Waals surface area contributed by atoms with Crippen molar-refractivity contribution in [1.29, 1.82) is 0 Å². The van der Waals surface area contributed by atoms with E-state index < -0.39 is 10.0 Å². The Balaban J connectivity index is 1.86. The van der Waals surface area contributed by atoms with E-state index in [0.717, 1.165) is 23.1 Å². The van der Waals surface area contributed by atoms with Gasteiger partial charge in [0.05, 0.1) is 17.1 Å². The van der Waals surface area contributed by atoms with Crippen molar-refractivity contribution in [1.82, 2.24) is 9.97 Å². The maximum absolute atomic E-state index is 13.0. The molecule has 2 heterocycles. The van der Waals surface area contributed by atoms with Gasteiger partial charge >= 0.3 is 0 Å². The maximum atomic E-state index is 13.0. The summed E-state index contributed by atoms with van der Waals surface area (Å²) in [4.78, 5) is 9.09. The Bertz CT molecular complexity index is 1220. The van der Waals surface area contributed by atoms with Crippen LogP contribution < -0.4 is 14.8 Å².